The average Bonchev–Trinajstić information content (AvgIpc) is 3.00. The lowest BCUT2D eigenvalue weighted by Crippen LogP contribution is -2.66. The van der Waals surface area contributed by atoms with Crippen molar-refractivity contribution in [2.75, 3.05) is 13.7 Å². The van der Waals surface area contributed by atoms with E-state index in [0.29, 0.717) is 0 Å². The standard InChI is InChI=1S/C16H21NO12/c1-28-8-3-2-7(12(19)5-10(18)17-6-12)4-9(8)29-11-13(20,21)15(24,25)16(26,27)14(11,22)23/h2-4,11,19-27H,5-6H2,1H3,(H,17,18). The molecule has 1 unspecified atom stereocenters. The van der Waals surface area contributed by atoms with Crippen LogP contribution < -0.4 is 14.8 Å². The fourth-order valence-corrected chi connectivity index (χ4v) is 3.35. The fraction of sp³-hybridized carbons (Fsp3) is 0.562. The highest BCUT2D eigenvalue weighted by Gasteiger charge is 2.85. The first kappa shape index (κ1) is 21.6. The zero-order valence-corrected chi connectivity index (χ0v) is 15.0. The summed E-state index contributed by atoms with van der Waals surface area (Å²) in [6.45, 7) is -0.151. The Kier molecular flexibility index (Phi) is 4.63. The molecule has 1 aromatic carbocycles. The Hall–Kier alpha value is -2.07. The molecule has 1 aromatic rings. The van der Waals surface area contributed by atoms with Gasteiger partial charge in [0.05, 0.1) is 20.1 Å². The first-order valence-corrected chi connectivity index (χ1v) is 8.25. The van der Waals surface area contributed by atoms with E-state index in [2.05, 4.69) is 5.32 Å². The van der Waals surface area contributed by atoms with E-state index in [0.717, 1.165) is 6.07 Å². The van der Waals surface area contributed by atoms with Gasteiger partial charge in [-0.2, -0.15) is 0 Å². The van der Waals surface area contributed by atoms with Gasteiger partial charge >= 0.3 is 0 Å². The number of benzene rings is 1. The Morgan fingerprint density at radius 3 is 1.93 bits per heavy atom. The number of hydrogen-bond donors (Lipinski definition) is 10. The summed E-state index contributed by atoms with van der Waals surface area (Å²) >= 11 is 0. The van der Waals surface area contributed by atoms with Crippen molar-refractivity contribution in [3.8, 4) is 11.5 Å². The minimum Gasteiger partial charge on any atom is -0.493 e. The van der Waals surface area contributed by atoms with Crippen LogP contribution >= 0.6 is 0 Å². The van der Waals surface area contributed by atoms with Crippen LogP contribution in [0.4, 0.5) is 0 Å². The maximum atomic E-state index is 11.5. The maximum Gasteiger partial charge on any atom is 0.284 e. The third-order valence-corrected chi connectivity index (χ3v) is 5.22. The third-order valence-electron chi connectivity index (χ3n) is 5.22. The van der Waals surface area contributed by atoms with Gasteiger partial charge in [-0.05, 0) is 17.7 Å². The molecule has 162 valence electrons. The molecule has 1 amide bonds. The smallest absolute Gasteiger partial charge is 0.284 e. The molecule has 1 heterocycles. The van der Waals surface area contributed by atoms with E-state index in [1.54, 1.807) is 0 Å². The molecule has 1 aliphatic carbocycles. The Morgan fingerprint density at radius 1 is 0.931 bits per heavy atom. The number of aliphatic hydroxyl groups is 9. The van der Waals surface area contributed by atoms with Gasteiger partial charge in [0.2, 0.25) is 12.0 Å². The van der Waals surface area contributed by atoms with Crippen molar-refractivity contribution < 1.29 is 60.2 Å². The summed E-state index contributed by atoms with van der Waals surface area (Å²) in [5.74, 6) is -17.6. The Balaban J connectivity index is 2.05. The quantitative estimate of drug-likeness (QED) is 0.207. The number of ether oxygens (including phenoxy) is 2. The first-order valence-electron chi connectivity index (χ1n) is 8.25. The highest BCUT2D eigenvalue weighted by Crippen LogP contribution is 2.50. The summed E-state index contributed by atoms with van der Waals surface area (Å²) < 4.78 is 10.1. The number of nitrogens with one attached hydrogen (secondary N) is 1. The van der Waals surface area contributed by atoms with Crippen molar-refractivity contribution in [2.24, 2.45) is 0 Å². The van der Waals surface area contributed by atoms with Crippen molar-refractivity contribution >= 4 is 5.91 Å². The van der Waals surface area contributed by atoms with E-state index in [1.807, 2.05) is 0 Å². The molecule has 0 bridgehead atoms. The van der Waals surface area contributed by atoms with Crippen LogP contribution in [-0.2, 0) is 10.4 Å². The van der Waals surface area contributed by atoms with Gasteiger partial charge in [-0.3, -0.25) is 4.79 Å². The molecule has 1 aliphatic heterocycles. The maximum absolute atomic E-state index is 11.5. The second-order valence-corrected chi connectivity index (χ2v) is 7.15. The molecule has 1 saturated carbocycles. The Bertz CT molecular complexity index is 809. The predicted octanol–water partition coefficient (Wildman–Crippen LogP) is -5.11. The molecule has 29 heavy (non-hydrogen) atoms. The van der Waals surface area contributed by atoms with Gasteiger partial charge in [-0.1, -0.05) is 6.07 Å². The zero-order valence-electron chi connectivity index (χ0n) is 15.0. The molecule has 0 aromatic heterocycles. The van der Waals surface area contributed by atoms with Gasteiger partial charge in [0.15, 0.2) is 11.5 Å². The number of rotatable bonds is 4. The van der Waals surface area contributed by atoms with Crippen molar-refractivity contribution in [2.45, 2.75) is 41.3 Å². The lowest BCUT2D eigenvalue weighted by atomic mass is 9.92. The topological polar surface area (TPSA) is 230 Å². The molecule has 3 rings (SSSR count). The van der Waals surface area contributed by atoms with Gasteiger partial charge in [-0.25, -0.2) is 0 Å². The highest BCUT2D eigenvalue weighted by molar-refractivity contribution is 5.80. The molecule has 0 radical (unpaired) electrons. The second kappa shape index (κ2) is 6.21. The molecular weight excluding hydrogens is 398 g/mol. The molecule has 13 heteroatoms. The molecular formula is C16H21NO12. The van der Waals surface area contributed by atoms with Crippen LogP contribution in [0.1, 0.15) is 12.0 Å². The molecule has 0 spiro atoms. The number of amides is 1. The lowest BCUT2D eigenvalue weighted by molar-refractivity contribution is -0.452. The van der Waals surface area contributed by atoms with E-state index in [1.165, 1.54) is 19.2 Å². The second-order valence-electron chi connectivity index (χ2n) is 7.15. The van der Waals surface area contributed by atoms with E-state index >= 15 is 0 Å². The van der Waals surface area contributed by atoms with Gasteiger partial charge in [0.1, 0.15) is 5.60 Å². The number of hydrogen-bond acceptors (Lipinski definition) is 12. The first-order chi connectivity index (χ1) is 13.1. The van der Waals surface area contributed by atoms with Crippen LogP contribution in [0.15, 0.2) is 18.2 Å². The van der Waals surface area contributed by atoms with Gasteiger partial charge in [-0.15, -0.1) is 0 Å². The van der Waals surface area contributed by atoms with E-state index in [4.69, 9.17) is 9.47 Å². The van der Waals surface area contributed by atoms with E-state index < -0.39 is 46.5 Å². The largest absolute Gasteiger partial charge is 0.493 e. The predicted molar refractivity (Wildman–Crippen MR) is 87.6 cm³/mol. The average molecular weight is 419 g/mol. The minimum absolute atomic E-state index is 0.0890. The fourth-order valence-electron chi connectivity index (χ4n) is 3.35. The molecule has 10 N–H and O–H groups in total. The summed E-state index contributed by atoms with van der Waals surface area (Å²) in [5.41, 5.74) is -1.58. The van der Waals surface area contributed by atoms with Crippen molar-refractivity contribution in [3.05, 3.63) is 23.8 Å². The minimum atomic E-state index is -4.25. The molecule has 2 aliphatic rings. The lowest BCUT2D eigenvalue weighted by Gasteiger charge is -2.34. The zero-order chi connectivity index (χ0) is 22.0. The van der Waals surface area contributed by atoms with Gasteiger partial charge < -0.3 is 60.7 Å². The SMILES string of the molecule is COc1ccc(C2(O)CNC(=O)C2)cc1OC1C(O)(O)C(O)(O)C(O)(O)C1(O)O. The van der Waals surface area contributed by atoms with Crippen LogP contribution in [0.5, 0.6) is 11.5 Å². The number of β-amino-alcohol motifs (C(OH)–C–C–N with tert-alkyl or cyclic N) is 1. The third kappa shape index (κ3) is 2.79. The van der Waals surface area contributed by atoms with Crippen molar-refractivity contribution in [1.29, 1.82) is 0 Å². The van der Waals surface area contributed by atoms with Gasteiger partial charge in [0.25, 0.3) is 23.1 Å². The van der Waals surface area contributed by atoms with E-state index in [9.17, 15) is 50.8 Å². The van der Waals surface area contributed by atoms with Crippen LogP contribution in [-0.4, -0.2) is 94.8 Å². The van der Waals surface area contributed by atoms with Gasteiger partial charge in [0, 0.05) is 0 Å². The molecule has 13 nitrogen and oxygen atoms in total. The number of carbonyl (C=O) groups is 1. The van der Waals surface area contributed by atoms with Crippen LogP contribution in [0, 0.1) is 0 Å². The molecule has 1 atom stereocenters. The summed E-state index contributed by atoms with van der Waals surface area (Å²) in [6.07, 6.45) is -3.15. The molecule has 2 fully saturated rings. The van der Waals surface area contributed by atoms with Crippen LogP contribution in [0.2, 0.25) is 0 Å². The van der Waals surface area contributed by atoms with Crippen LogP contribution in [0.25, 0.3) is 0 Å². The van der Waals surface area contributed by atoms with E-state index in [-0.39, 0.29) is 24.3 Å². The number of methoxy groups -OCH3 is 1. The molecule has 1 saturated heterocycles. The highest BCUT2D eigenvalue weighted by atomic mass is 16.7. The summed E-state index contributed by atoms with van der Waals surface area (Å²) in [7, 11) is 1.17. The number of carbonyl (C=O) groups excluding carboxylic acids is 1. The Morgan fingerprint density at radius 2 is 1.48 bits per heavy atom. The summed E-state index contributed by atoms with van der Waals surface area (Å²) in [5, 5.41) is 91.8. The normalized spacial score (nSPS) is 29.5. The monoisotopic (exact) mass is 419 g/mol. The summed E-state index contributed by atoms with van der Waals surface area (Å²) in [4.78, 5) is 11.5. The Labute approximate surface area is 162 Å². The van der Waals surface area contributed by atoms with Crippen molar-refractivity contribution in [1.82, 2.24) is 5.32 Å². The van der Waals surface area contributed by atoms with Crippen LogP contribution in [0.3, 0.4) is 0 Å². The van der Waals surface area contributed by atoms with Crippen molar-refractivity contribution in [3.63, 3.8) is 0 Å². The summed E-state index contributed by atoms with van der Waals surface area (Å²) in [6, 6.07) is 3.67.